The number of furan rings is 1. The summed E-state index contributed by atoms with van der Waals surface area (Å²) in [6, 6.07) is 9.62. The van der Waals surface area contributed by atoms with Crippen molar-refractivity contribution in [3.63, 3.8) is 0 Å². The Morgan fingerprint density at radius 2 is 1.91 bits per heavy atom. The quantitative estimate of drug-likeness (QED) is 0.288. The highest BCUT2D eigenvalue weighted by Gasteiger charge is 2.22. The normalized spacial score (nSPS) is 14.2. The summed E-state index contributed by atoms with van der Waals surface area (Å²) in [7, 11) is 0. The zero-order valence-corrected chi connectivity index (χ0v) is 18.7. The maximum absolute atomic E-state index is 13.3. The van der Waals surface area contributed by atoms with Crippen LogP contribution in [0.15, 0.2) is 50.4 Å². The number of nitro benzene ring substituents is 1. The number of thiophene rings is 1. The molecule has 0 bridgehead atoms. The number of nitrogens with zero attached hydrogens (tertiary/aromatic N) is 3. The van der Waals surface area contributed by atoms with E-state index in [1.807, 2.05) is 0 Å². The maximum Gasteiger partial charge on any atom is 0.282 e. The summed E-state index contributed by atoms with van der Waals surface area (Å²) in [4.78, 5) is 43.3. The molecule has 6 rings (SSSR count). The van der Waals surface area contributed by atoms with Gasteiger partial charge in [-0.3, -0.25) is 19.7 Å². The van der Waals surface area contributed by atoms with Gasteiger partial charge in [-0.2, -0.15) is 4.98 Å². The molecule has 5 aromatic rings. The molecule has 0 saturated heterocycles. The van der Waals surface area contributed by atoms with Crippen molar-refractivity contribution < 1.29 is 9.34 Å². The fourth-order valence-electron chi connectivity index (χ4n) is 4.35. The van der Waals surface area contributed by atoms with Gasteiger partial charge in [0, 0.05) is 17.0 Å². The third kappa shape index (κ3) is 3.13. The highest BCUT2D eigenvalue weighted by molar-refractivity contribution is 7.19. The van der Waals surface area contributed by atoms with Gasteiger partial charge in [0.25, 0.3) is 16.8 Å². The summed E-state index contributed by atoms with van der Waals surface area (Å²) < 4.78 is 7.72. The van der Waals surface area contributed by atoms with E-state index in [4.69, 9.17) is 4.42 Å². The number of benzene rings is 1. The minimum absolute atomic E-state index is 0.0587. The highest BCUT2D eigenvalue weighted by atomic mass is 32.1. The van der Waals surface area contributed by atoms with Gasteiger partial charge < -0.3 is 4.42 Å². The van der Waals surface area contributed by atoms with Crippen LogP contribution in [-0.2, 0) is 12.8 Å². The minimum atomic E-state index is -0.461. The molecule has 0 amide bonds. The molecule has 1 aromatic carbocycles. The second kappa shape index (κ2) is 7.46. The van der Waals surface area contributed by atoms with Crippen LogP contribution in [0.4, 0.5) is 5.69 Å². The number of para-hydroxylation sites is 1. The highest BCUT2D eigenvalue weighted by Crippen LogP contribution is 2.34. The Hall–Kier alpha value is -3.63. The summed E-state index contributed by atoms with van der Waals surface area (Å²) in [5, 5.41) is 11.9. The van der Waals surface area contributed by atoms with Gasteiger partial charge in [0.05, 0.1) is 15.9 Å². The molecule has 0 fully saturated rings. The maximum atomic E-state index is 13.3. The number of nitro groups is 1. The second-order valence-corrected chi connectivity index (χ2v) is 9.91. The van der Waals surface area contributed by atoms with E-state index in [1.54, 1.807) is 36.4 Å². The molecule has 1 aliphatic rings. The number of hydrogen-bond donors (Lipinski definition) is 0. The Morgan fingerprint density at radius 1 is 1.09 bits per heavy atom. The lowest BCUT2D eigenvalue weighted by molar-refractivity contribution is -0.384. The SMILES string of the molecule is O=c1nc2sc(=Cc3ccc(-c4ccccc4[N+](=O)[O-])o3)c(=O)n2c2sc3c(c12)CCCC3. The van der Waals surface area contributed by atoms with Crippen molar-refractivity contribution in [1.29, 1.82) is 0 Å². The first-order chi connectivity index (χ1) is 16.0. The molecule has 0 atom stereocenters. The van der Waals surface area contributed by atoms with Crippen LogP contribution in [0.2, 0.25) is 0 Å². The standard InChI is InChI=1S/C23H15N3O5S2/c27-20-19-14-6-2-4-8-17(14)32-22(19)25-21(28)18(33-23(25)24-20)11-12-9-10-16(31-12)13-5-1-3-7-15(13)26(29)30/h1,3,5,7,9-11H,2,4,6,8H2. The van der Waals surface area contributed by atoms with Crippen LogP contribution < -0.4 is 15.7 Å². The molecule has 0 unspecified atom stereocenters. The average molecular weight is 478 g/mol. The van der Waals surface area contributed by atoms with Crippen LogP contribution in [0, 0.1) is 10.1 Å². The number of hydrogen-bond acceptors (Lipinski definition) is 8. The second-order valence-electron chi connectivity index (χ2n) is 7.82. The van der Waals surface area contributed by atoms with Gasteiger partial charge in [-0.25, -0.2) is 4.40 Å². The monoisotopic (exact) mass is 477 g/mol. The van der Waals surface area contributed by atoms with Crippen LogP contribution in [0.5, 0.6) is 0 Å². The average Bonchev–Trinajstić information content (AvgIpc) is 3.50. The van der Waals surface area contributed by atoms with Crippen LogP contribution in [0.1, 0.15) is 29.0 Å². The molecular formula is C23H15N3O5S2. The van der Waals surface area contributed by atoms with Crippen molar-refractivity contribution in [3.8, 4) is 11.3 Å². The van der Waals surface area contributed by atoms with E-state index in [0.29, 0.717) is 36.8 Å². The van der Waals surface area contributed by atoms with E-state index in [-0.39, 0.29) is 16.8 Å². The number of aryl methyl sites for hydroxylation is 2. The summed E-state index contributed by atoms with van der Waals surface area (Å²) >= 11 is 2.64. The first-order valence-electron chi connectivity index (χ1n) is 10.4. The Morgan fingerprint density at radius 3 is 2.76 bits per heavy atom. The molecule has 1 aliphatic carbocycles. The van der Waals surface area contributed by atoms with Crippen molar-refractivity contribution in [2.75, 3.05) is 0 Å². The van der Waals surface area contributed by atoms with E-state index in [2.05, 4.69) is 4.98 Å². The molecule has 33 heavy (non-hydrogen) atoms. The minimum Gasteiger partial charge on any atom is -0.456 e. The molecule has 8 nitrogen and oxygen atoms in total. The van der Waals surface area contributed by atoms with Crippen LogP contribution in [-0.4, -0.2) is 14.3 Å². The van der Waals surface area contributed by atoms with Gasteiger partial charge in [0.1, 0.15) is 20.9 Å². The summed E-state index contributed by atoms with van der Waals surface area (Å²) in [5.41, 5.74) is 0.809. The molecule has 0 N–H and O–H groups in total. The van der Waals surface area contributed by atoms with E-state index in [1.165, 1.54) is 26.7 Å². The van der Waals surface area contributed by atoms with E-state index in [9.17, 15) is 19.7 Å². The topological polar surface area (TPSA) is 108 Å². The fourth-order valence-corrected chi connectivity index (χ4v) is 6.73. The van der Waals surface area contributed by atoms with Crippen molar-refractivity contribution in [3.05, 3.63) is 88.0 Å². The molecule has 164 valence electrons. The Bertz CT molecular complexity index is 1760. The lowest BCUT2D eigenvalue weighted by Gasteiger charge is -2.09. The van der Waals surface area contributed by atoms with Crippen LogP contribution >= 0.6 is 22.7 Å². The van der Waals surface area contributed by atoms with Gasteiger partial charge in [-0.05, 0) is 49.4 Å². The predicted molar refractivity (Wildman–Crippen MR) is 127 cm³/mol. The zero-order valence-electron chi connectivity index (χ0n) is 17.1. The van der Waals surface area contributed by atoms with Gasteiger partial charge in [-0.15, -0.1) is 11.3 Å². The Balaban J connectivity index is 1.52. The molecule has 4 aromatic heterocycles. The largest absolute Gasteiger partial charge is 0.456 e. The van der Waals surface area contributed by atoms with Crippen molar-refractivity contribution >= 4 is 49.6 Å². The van der Waals surface area contributed by atoms with Crippen molar-refractivity contribution in [1.82, 2.24) is 9.38 Å². The van der Waals surface area contributed by atoms with E-state index >= 15 is 0 Å². The first kappa shape index (κ1) is 20.0. The van der Waals surface area contributed by atoms with Crippen molar-refractivity contribution in [2.45, 2.75) is 25.7 Å². The summed E-state index contributed by atoms with van der Waals surface area (Å²) in [6.07, 6.45) is 5.48. The summed E-state index contributed by atoms with van der Waals surface area (Å²) in [5.74, 6) is 0.722. The third-order valence-electron chi connectivity index (χ3n) is 5.84. The van der Waals surface area contributed by atoms with Crippen molar-refractivity contribution in [2.24, 2.45) is 0 Å². The molecule has 0 aliphatic heterocycles. The van der Waals surface area contributed by atoms with Gasteiger partial charge >= 0.3 is 0 Å². The van der Waals surface area contributed by atoms with Gasteiger partial charge in [0.15, 0.2) is 0 Å². The number of rotatable bonds is 3. The Kier molecular flexibility index (Phi) is 4.52. The third-order valence-corrected chi connectivity index (χ3v) is 8.09. The molecular weight excluding hydrogens is 462 g/mol. The Labute approximate surface area is 193 Å². The van der Waals surface area contributed by atoms with Gasteiger partial charge in [-0.1, -0.05) is 23.5 Å². The van der Waals surface area contributed by atoms with Crippen LogP contribution in [0.3, 0.4) is 0 Å². The zero-order chi connectivity index (χ0) is 22.7. The lowest BCUT2D eigenvalue weighted by atomic mass is 9.97. The molecule has 0 spiro atoms. The molecule has 10 heteroatoms. The van der Waals surface area contributed by atoms with E-state index < -0.39 is 4.92 Å². The first-order valence-corrected chi connectivity index (χ1v) is 12.0. The summed E-state index contributed by atoms with van der Waals surface area (Å²) in [6.45, 7) is 0. The van der Waals surface area contributed by atoms with Crippen LogP contribution in [0.25, 0.3) is 32.6 Å². The number of thiazole rings is 1. The number of fused-ring (bicyclic) bond motifs is 5. The lowest BCUT2D eigenvalue weighted by Crippen LogP contribution is -2.24. The fraction of sp³-hybridized carbons (Fsp3) is 0.174. The van der Waals surface area contributed by atoms with Gasteiger partial charge in [0.2, 0.25) is 4.96 Å². The molecule has 0 saturated carbocycles. The number of aromatic nitrogens is 2. The smallest absolute Gasteiger partial charge is 0.282 e. The van der Waals surface area contributed by atoms with E-state index in [0.717, 1.165) is 42.6 Å². The molecule has 4 heterocycles. The predicted octanol–water partition coefficient (Wildman–Crippen LogP) is 3.93. The molecule has 0 radical (unpaired) electrons.